The Bertz CT molecular complexity index is 1280. The predicted molar refractivity (Wildman–Crippen MR) is 185 cm³/mol. The number of phosphoric acid groups is 1. The molecule has 306 valence electrons. The molecule has 2 unspecified atom stereocenters. The smallest absolute Gasteiger partial charge is 0.456 e. The van der Waals surface area contributed by atoms with Gasteiger partial charge >= 0.3 is 34.3 Å². The van der Waals surface area contributed by atoms with Gasteiger partial charge in [-0.25, -0.2) is 9.36 Å². The number of carbonyl (C=O) groups is 4. The Kier molecular flexibility index (Phi) is 22.1. The van der Waals surface area contributed by atoms with E-state index in [0.29, 0.717) is 5.75 Å². The van der Waals surface area contributed by atoms with Crippen LogP contribution in [0.25, 0.3) is 0 Å². The summed E-state index contributed by atoms with van der Waals surface area (Å²) in [5, 5.41) is 10.6. The largest absolute Gasteiger partial charge is 0.472 e. The molecule has 21 nitrogen and oxygen atoms in total. The molecule has 0 aromatic heterocycles. The molecule has 2 amide bonds. The van der Waals surface area contributed by atoms with Crippen LogP contribution in [0.1, 0.15) is 73.6 Å². The summed E-state index contributed by atoms with van der Waals surface area (Å²) in [6.07, 6.45) is -2.31. The summed E-state index contributed by atoms with van der Waals surface area (Å²) in [5.74, 6) is -1.29. The number of esters is 1. The molecule has 0 aliphatic rings. The molecule has 0 aliphatic carbocycles. The minimum absolute atomic E-state index is 0.0102. The number of phosphoric ester groups is 1. The zero-order valence-corrected chi connectivity index (χ0v) is 33.5. The summed E-state index contributed by atoms with van der Waals surface area (Å²) < 4.78 is 66.2. The number of nitrogens with one attached hydrogen (secondary N) is 2. The second-order valence-electron chi connectivity index (χ2n) is 12.3. The fourth-order valence-corrected chi connectivity index (χ4v) is 7.14. The highest BCUT2D eigenvalue weighted by atomic mass is 32.2. The Morgan fingerprint density at radius 3 is 1.92 bits per heavy atom. The normalized spacial score (nSPS) is 14.6. The van der Waals surface area contributed by atoms with Crippen LogP contribution in [0.15, 0.2) is 0 Å². The van der Waals surface area contributed by atoms with Gasteiger partial charge in [-0.05, 0) is 52.3 Å². The van der Waals surface area contributed by atoms with Crippen LogP contribution in [0.3, 0.4) is 0 Å². The molecule has 52 heavy (non-hydrogen) atoms. The standard InChI is InChI=1S/C27H53N2O19P3S/c1-7-23(32)48-20(17-43-24(33)52-8-2)18-47-51(41,42)46-15-13-29-21(30)16-26(5,6)44-14-11-25(3,4)45-19-22(31)28-12-9-10-27(34,49(35,36)37)50(38,39)40/h20,34H,7-19H2,1-6H3,(H,28,31)(H,29,30)(H,41,42)(H2,35,36,37)(H2,38,39,40). The van der Waals surface area contributed by atoms with Crippen LogP contribution in [0, 0.1) is 0 Å². The van der Waals surface area contributed by atoms with Gasteiger partial charge in [0.25, 0.3) is 5.08 Å². The van der Waals surface area contributed by atoms with Gasteiger partial charge in [-0.2, -0.15) is 0 Å². The first-order chi connectivity index (χ1) is 23.7. The minimum Gasteiger partial charge on any atom is -0.456 e. The maximum atomic E-state index is 12.4. The maximum absolute atomic E-state index is 12.4. The van der Waals surface area contributed by atoms with Crippen LogP contribution in [-0.2, 0) is 56.1 Å². The van der Waals surface area contributed by atoms with Crippen molar-refractivity contribution in [2.24, 2.45) is 0 Å². The van der Waals surface area contributed by atoms with E-state index in [1.807, 2.05) is 0 Å². The van der Waals surface area contributed by atoms with E-state index < -0.39 is 101 Å². The first kappa shape index (κ1) is 50.5. The summed E-state index contributed by atoms with van der Waals surface area (Å²) in [6, 6.07) is 0. The van der Waals surface area contributed by atoms with Crippen molar-refractivity contribution in [3.8, 4) is 0 Å². The van der Waals surface area contributed by atoms with E-state index >= 15 is 0 Å². The highest BCUT2D eigenvalue weighted by Gasteiger charge is 2.58. The number of hydrogen-bond donors (Lipinski definition) is 8. The minimum atomic E-state index is -5.59. The quantitative estimate of drug-likeness (QED) is 0.0332. The second-order valence-corrected chi connectivity index (χ2v) is 19.0. The highest BCUT2D eigenvalue weighted by molar-refractivity contribution is 8.13. The molecule has 0 heterocycles. The third kappa shape index (κ3) is 21.4. The molecule has 0 radical (unpaired) electrons. The molecule has 0 aromatic rings. The molecule has 0 bridgehead atoms. The molecule has 0 spiro atoms. The first-order valence-electron chi connectivity index (χ1n) is 15.9. The Labute approximate surface area is 306 Å². The van der Waals surface area contributed by atoms with Crippen molar-refractivity contribution >= 4 is 57.9 Å². The fraction of sp³-hybridized carbons (Fsp3) is 0.852. The van der Waals surface area contributed by atoms with Gasteiger partial charge in [0.2, 0.25) is 11.8 Å². The number of thioether (sulfide) groups is 1. The Morgan fingerprint density at radius 2 is 1.37 bits per heavy atom. The van der Waals surface area contributed by atoms with Crippen molar-refractivity contribution in [2.75, 3.05) is 51.9 Å². The Balaban J connectivity index is 4.54. The average molecular weight is 835 g/mol. The molecule has 25 heteroatoms. The summed E-state index contributed by atoms with van der Waals surface area (Å²) in [6.45, 7) is 7.75. The number of amides is 2. The zero-order valence-electron chi connectivity index (χ0n) is 30.0. The predicted octanol–water partition coefficient (Wildman–Crippen LogP) is 1.72. The first-order valence-corrected chi connectivity index (χ1v) is 21.7. The van der Waals surface area contributed by atoms with Crippen molar-refractivity contribution in [3.63, 3.8) is 0 Å². The van der Waals surface area contributed by atoms with E-state index in [0.717, 1.165) is 11.8 Å². The molecule has 0 saturated heterocycles. The number of hydrogen-bond acceptors (Lipinski definition) is 15. The summed E-state index contributed by atoms with van der Waals surface area (Å²) in [4.78, 5) is 94.4. The van der Waals surface area contributed by atoms with Crippen LogP contribution >= 0.6 is 34.8 Å². The van der Waals surface area contributed by atoms with Gasteiger partial charge in [-0.1, -0.05) is 13.8 Å². The van der Waals surface area contributed by atoms with Crippen LogP contribution in [0.5, 0.6) is 0 Å². The van der Waals surface area contributed by atoms with Crippen LogP contribution < -0.4 is 10.6 Å². The van der Waals surface area contributed by atoms with Crippen LogP contribution in [0.4, 0.5) is 4.79 Å². The molecule has 0 aromatic carbocycles. The topological polar surface area (TPSA) is 320 Å². The van der Waals surface area contributed by atoms with E-state index in [2.05, 4.69) is 10.6 Å². The lowest BCUT2D eigenvalue weighted by atomic mass is 10.0. The Hall–Kier alpha value is -1.48. The molecular formula is C27H53N2O19P3S. The average Bonchev–Trinajstić information content (AvgIpc) is 3.00. The van der Waals surface area contributed by atoms with Gasteiger partial charge in [0.1, 0.15) is 13.2 Å². The highest BCUT2D eigenvalue weighted by Crippen LogP contribution is 2.69. The Morgan fingerprint density at radius 1 is 0.769 bits per heavy atom. The van der Waals surface area contributed by atoms with Crippen molar-refractivity contribution in [3.05, 3.63) is 0 Å². The van der Waals surface area contributed by atoms with Gasteiger partial charge in [-0.15, -0.1) is 0 Å². The molecule has 0 aliphatic heterocycles. The van der Waals surface area contributed by atoms with E-state index in [-0.39, 0.29) is 45.4 Å². The number of ether oxygens (including phenoxy) is 4. The van der Waals surface area contributed by atoms with Gasteiger partial charge in [-0.3, -0.25) is 32.6 Å². The summed E-state index contributed by atoms with van der Waals surface area (Å²) >= 11 is 0.885. The molecule has 0 saturated carbocycles. The third-order valence-corrected chi connectivity index (χ3v) is 12.2. The van der Waals surface area contributed by atoms with Gasteiger partial charge in [0.05, 0.1) is 37.4 Å². The SMILES string of the molecule is CCSC(=O)OCC(COP(=O)(O)OCCNC(=O)CC(C)(C)OCCC(C)(C)OCC(=O)NCCCC(O)(P(=O)(O)O)P(=O)(O)O)OC(=O)CC. The van der Waals surface area contributed by atoms with Crippen molar-refractivity contribution < 1.29 is 90.4 Å². The van der Waals surface area contributed by atoms with Crippen molar-refractivity contribution in [1.82, 2.24) is 10.6 Å². The van der Waals surface area contributed by atoms with E-state index in [4.69, 9.17) is 47.6 Å². The third-order valence-electron chi connectivity index (χ3n) is 6.66. The number of rotatable bonds is 27. The van der Waals surface area contributed by atoms with E-state index in [1.165, 1.54) is 6.92 Å². The van der Waals surface area contributed by atoms with Gasteiger partial charge < -0.3 is 59.2 Å². The van der Waals surface area contributed by atoms with Gasteiger partial charge in [0.15, 0.2) is 6.10 Å². The van der Waals surface area contributed by atoms with Crippen molar-refractivity contribution in [1.29, 1.82) is 0 Å². The molecule has 2 atom stereocenters. The summed E-state index contributed by atoms with van der Waals surface area (Å²) in [7, 11) is -15.8. The lowest BCUT2D eigenvalue weighted by Crippen LogP contribution is -2.38. The number of carbonyl (C=O) groups excluding carboxylic acids is 4. The zero-order chi connectivity index (χ0) is 40.4. The monoisotopic (exact) mass is 834 g/mol. The number of aliphatic hydroxyl groups is 1. The fourth-order valence-electron chi connectivity index (χ4n) is 3.74. The lowest BCUT2D eigenvalue weighted by Gasteiger charge is -2.29. The van der Waals surface area contributed by atoms with Crippen LogP contribution in [-0.4, -0.2) is 127 Å². The van der Waals surface area contributed by atoms with Crippen molar-refractivity contribution in [2.45, 2.75) is 96.0 Å². The lowest BCUT2D eigenvalue weighted by molar-refractivity contribution is -0.152. The molecular weight excluding hydrogens is 781 g/mol. The van der Waals surface area contributed by atoms with E-state index in [1.54, 1.807) is 34.6 Å². The summed E-state index contributed by atoms with van der Waals surface area (Å²) in [5.41, 5.74) is -1.84. The van der Waals surface area contributed by atoms with E-state index in [9.17, 15) is 42.9 Å². The molecule has 0 rings (SSSR count). The molecule has 0 fully saturated rings. The maximum Gasteiger partial charge on any atom is 0.472 e. The van der Waals surface area contributed by atoms with Gasteiger partial charge in [0, 0.05) is 31.7 Å². The second kappa shape index (κ2) is 22.8. The molecule has 8 N–H and O–H groups in total. The van der Waals surface area contributed by atoms with Crippen LogP contribution in [0.2, 0.25) is 0 Å².